The summed E-state index contributed by atoms with van der Waals surface area (Å²) in [5.74, 6) is -0.703. The molecule has 1 aliphatic heterocycles. The van der Waals surface area contributed by atoms with Crippen molar-refractivity contribution in [2.75, 3.05) is 19.8 Å². The molecule has 102 valence electrons. The van der Waals surface area contributed by atoms with Gasteiger partial charge in [0.25, 0.3) is 0 Å². The van der Waals surface area contributed by atoms with Crippen LogP contribution in [-0.4, -0.2) is 37.9 Å². The van der Waals surface area contributed by atoms with Crippen molar-refractivity contribution in [3.05, 3.63) is 0 Å². The minimum Gasteiger partial charge on any atom is -0.465 e. The fraction of sp³-hybridized carbons (Fsp3) is 0.846. The van der Waals surface area contributed by atoms with E-state index in [0.717, 1.165) is 12.8 Å². The van der Waals surface area contributed by atoms with Gasteiger partial charge in [-0.15, -0.1) is 0 Å². The van der Waals surface area contributed by atoms with Crippen LogP contribution in [0, 0.1) is 11.3 Å². The standard InChI is InChI=1S/C13H20O5/c1-3-16-11(14)13(12(15)17-4-2)8-9-6-5-7-18-10(9)13/h9-10H,3-8H2,1-2H3/t9-,10-/m1/s1. The van der Waals surface area contributed by atoms with E-state index in [2.05, 4.69) is 0 Å². The molecule has 0 unspecified atom stereocenters. The minimum atomic E-state index is -1.21. The van der Waals surface area contributed by atoms with Crippen molar-refractivity contribution in [1.82, 2.24) is 0 Å². The summed E-state index contributed by atoms with van der Waals surface area (Å²) in [6.45, 7) is 4.58. The Kier molecular flexibility index (Phi) is 3.90. The molecule has 2 atom stereocenters. The molecule has 5 heteroatoms. The van der Waals surface area contributed by atoms with Gasteiger partial charge >= 0.3 is 11.9 Å². The molecular formula is C13H20O5. The zero-order chi connectivity index (χ0) is 13.2. The number of hydrogen-bond donors (Lipinski definition) is 0. The van der Waals surface area contributed by atoms with E-state index in [1.54, 1.807) is 13.8 Å². The van der Waals surface area contributed by atoms with Gasteiger partial charge in [-0.25, -0.2) is 0 Å². The van der Waals surface area contributed by atoms with Gasteiger partial charge in [0.05, 0.1) is 19.3 Å². The monoisotopic (exact) mass is 256 g/mol. The van der Waals surface area contributed by atoms with E-state index in [-0.39, 0.29) is 25.2 Å². The van der Waals surface area contributed by atoms with E-state index < -0.39 is 17.4 Å². The Morgan fingerprint density at radius 3 is 2.33 bits per heavy atom. The highest BCUT2D eigenvalue weighted by Gasteiger charge is 2.67. The van der Waals surface area contributed by atoms with E-state index in [0.29, 0.717) is 13.0 Å². The van der Waals surface area contributed by atoms with E-state index in [1.165, 1.54) is 0 Å². The van der Waals surface area contributed by atoms with Gasteiger partial charge in [-0.2, -0.15) is 0 Å². The second-order valence-electron chi connectivity index (χ2n) is 4.81. The van der Waals surface area contributed by atoms with Crippen molar-refractivity contribution in [3.8, 4) is 0 Å². The zero-order valence-electron chi connectivity index (χ0n) is 10.9. The highest BCUT2D eigenvalue weighted by Crippen LogP contribution is 2.53. The molecule has 0 aromatic heterocycles. The number of carbonyl (C=O) groups is 2. The fourth-order valence-electron chi connectivity index (χ4n) is 2.97. The van der Waals surface area contributed by atoms with Crippen molar-refractivity contribution in [1.29, 1.82) is 0 Å². The minimum absolute atomic E-state index is 0.261. The Balaban J connectivity index is 2.18. The van der Waals surface area contributed by atoms with Crippen LogP contribution >= 0.6 is 0 Å². The first-order valence-corrected chi connectivity index (χ1v) is 6.62. The maximum absolute atomic E-state index is 12.1. The molecule has 1 saturated carbocycles. The average molecular weight is 256 g/mol. The van der Waals surface area contributed by atoms with Crippen molar-refractivity contribution in [3.63, 3.8) is 0 Å². The largest absolute Gasteiger partial charge is 0.465 e. The third-order valence-electron chi connectivity index (χ3n) is 3.79. The van der Waals surface area contributed by atoms with Crippen LogP contribution in [0.15, 0.2) is 0 Å². The Morgan fingerprint density at radius 1 is 1.22 bits per heavy atom. The molecule has 0 amide bonds. The lowest BCUT2D eigenvalue weighted by Crippen LogP contribution is -2.64. The molecular weight excluding hydrogens is 236 g/mol. The van der Waals surface area contributed by atoms with Crippen molar-refractivity contribution >= 4 is 11.9 Å². The normalized spacial score (nSPS) is 28.8. The number of rotatable bonds is 4. The molecule has 0 spiro atoms. The van der Waals surface area contributed by atoms with Crippen molar-refractivity contribution < 1.29 is 23.8 Å². The average Bonchev–Trinajstić information content (AvgIpc) is 2.32. The summed E-state index contributed by atoms with van der Waals surface area (Å²) in [5, 5.41) is 0. The molecule has 5 nitrogen and oxygen atoms in total. The van der Waals surface area contributed by atoms with Crippen molar-refractivity contribution in [2.24, 2.45) is 11.3 Å². The van der Waals surface area contributed by atoms with E-state index in [1.807, 2.05) is 0 Å². The van der Waals surface area contributed by atoms with Gasteiger partial charge in [-0.3, -0.25) is 9.59 Å². The van der Waals surface area contributed by atoms with Gasteiger partial charge in [0.2, 0.25) is 0 Å². The quantitative estimate of drug-likeness (QED) is 0.560. The van der Waals surface area contributed by atoms with E-state index in [4.69, 9.17) is 14.2 Å². The molecule has 2 aliphatic rings. The molecule has 0 aromatic rings. The predicted molar refractivity (Wildman–Crippen MR) is 62.8 cm³/mol. The number of esters is 2. The molecule has 1 aliphatic carbocycles. The lowest BCUT2D eigenvalue weighted by atomic mass is 9.57. The van der Waals surface area contributed by atoms with Crippen LogP contribution in [0.5, 0.6) is 0 Å². The van der Waals surface area contributed by atoms with Gasteiger partial charge in [0, 0.05) is 6.61 Å². The van der Waals surface area contributed by atoms with Crippen LogP contribution < -0.4 is 0 Å². The Bertz CT molecular complexity index is 320. The number of fused-ring (bicyclic) bond motifs is 1. The molecule has 1 heterocycles. The Morgan fingerprint density at radius 2 is 1.83 bits per heavy atom. The smallest absolute Gasteiger partial charge is 0.326 e. The summed E-state index contributed by atoms with van der Waals surface area (Å²) < 4.78 is 15.7. The van der Waals surface area contributed by atoms with Crippen LogP contribution in [0.3, 0.4) is 0 Å². The molecule has 1 saturated heterocycles. The first-order chi connectivity index (χ1) is 8.66. The Labute approximate surface area is 107 Å². The molecule has 0 bridgehead atoms. The van der Waals surface area contributed by atoms with Crippen LogP contribution in [0.4, 0.5) is 0 Å². The van der Waals surface area contributed by atoms with Gasteiger partial charge in [0.15, 0.2) is 5.41 Å². The third-order valence-corrected chi connectivity index (χ3v) is 3.79. The lowest BCUT2D eigenvalue weighted by Gasteiger charge is -2.52. The number of carbonyl (C=O) groups excluding carboxylic acids is 2. The summed E-state index contributed by atoms with van der Waals surface area (Å²) in [5.41, 5.74) is -1.21. The van der Waals surface area contributed by atoms with Gasteiger partial charge in [-0.05, 0) is 39.0 Å². The second-order valence-corrected chi connectivity index (χ2v) is 4.81. The summed E-state index contributed by atoms with van der Waals surface area (Å²) >= 11 is 0. The predicted octanol–water partition coefficient (Wildman–Crippen LogP) is 1.30. The maximum atomic E-state index is 12.1. The van der Waals surface area contributed by atoms with Crippen LogP contribution in [-0.2, 0) is 23.8 Å². The van der Waals surface area contributed by atoms with E-state index in [9.17, 15) is 9.59 Å². The molecule has 0 aromatic carbocycles. The number of hydrogen-bond acceptors (Lipinski definition) is 5. The summed E-state index contributed by atoms with van der Waals surface area (Å²) in [7, 11) is 0. The third kappa shape index (κ3) is 1.90. The van der Waals surface area contributed by atoms with Crippen LogP contribution in [0.25, 0.3) is 0 Å². The van der Waals surface area contributed by atoms with Gasteiger partial charge < -0.3 is 14.2 Å². The summed E-state index contributed by atoms with van der Waals surface area (Å²) in [4.78, 5) is 24.2. The highest BCUT2D eigenvalue weighted by atomic mass is 16.6. The molecule has 18 heavy (non-hydrogen) atoms. The molecule has 0 radical (unpaired) electrons. The van der Waals surface area contributed by atoms with Crippen molar-refractivity contribution in [2.45, 2.75) is 39.2 Å². The highest BCUT2D eigenvalue weighted by molar-refractivity contribution is 6.02. The van der Waals surface area contributed by atoms with Gasteiger partial charge in [0.1, 0.15) is 0 Å². The SMILES string of the molecule is CCOC(=O)C1(C(=O)OCC)C[C@H]2CCCO[C@H]21. The topological polar surface area (TPSA) is 61.8 Å². The molecule has 0 N–H and O–H groups in total. The number of ether oxygens (including phenoxy) is 3. The summed E-state index contributed by atoms with van der Waals surface area (Å²) in [6, 6.07) is 0. The van der Waals surface area contributed by atoms with Crippen LogP contribution in [0.1, 0.15) is 33.1 Å². The lowest BCUT2D eigenvalue weighted by molar-refractivity contribution is -0.222. The van der Waals surface area contributed by atoms with Gasteiger partial charge in [-0.1, -0.05) is 0 Å². The molecule has 2 rings (SSSR count). The first kappa shape index (κ1) is 13.3. The Hall–Kier alpha value is -1.10. The fourth-order valence-corrected chi connectivity index (χ4v) is 2.97. The van der Waals surface area contributed by atoms with E-state index >= 15 is 0 Å². The first-order valence-electron chi connectivity index (χ1n) is 6.62. The second kappa shape index (κ2) is 5.26. The zero-order valence-corrected chi connectivity index (χ0v) is 10.9. The summed E-state index contributed by atoms with van der Waals surface area (Å²) in [6.07, 6.45) is 2.13. The molecule has 2 fully saturated rings. The maximum Gasteiger partial charge on any atom is 0.326 e. The van der Waals surface area contributed by atoms with Crippen LogP contribution in [0.2, 0.25) is 0 Å².